The molecular formula is C38H43Br2I7N6O9. The van der Waals surface area contributed by atoms with E-state index in [0.29, 0.717) is 10.5 Å². The van der Waals surface area contributed by atoms with Crippen LogP contribution in [0.15, 0.2) is 86.7 Å². The zero-order chi connectivity index (χ0) is 48.6. The molecule has 4 aromatic carbocycles. The van der Waals surface area contributed by atoms with Crippen LogP contribution in [0.3, 0.4) is 0 Å². The van der Waals surface area contributed by atoms with Crippen molar-refractivity contribution >= 4 is 239 Å². The number of nitrogens with two attached hydrogens (primary N) is 3. The van der Waals surface area contributed by atoms with Gasteiger partial charge in [0, 0.05) is 67.1 Å². The van der Waals surface area contributed by atoms with Gasteiger partial charge in [-0.25, -0.2) is 10.1 Å². The van der Waals surface area contributed by atoms with Crippen molar-refractivity contribution in [3.8, 4) is 0 Å². The van der Waals surface area contributed by atoms with Gasteiger partial charge in [0.05, 0.1) is 20.2 Å². The van der Waals surface area contributed by atoms with Crippen LogP contribution in [0, 0.1) is 32.2 Å². The molecule has 15 nitrogen and oxygen atoms in total. The number of hydrogen-bond acceptors (Lipinski definition) is 13. The fourth-order valence-corrected chi connectivity index (χ4v) is 9.37. The smallest absolute Gasteiger partial charge is 0.339 e. The first-order chi connectivity index (χ1) is 29.2. The van der Waals surface area contributed by atoms with Crippen LogP contribution in [0.2, 0.25) is 0 Å². The minimum Gasteiger partial charge on any atom is -0.387 e. The van der Waals surface area contributed by atoms with Gasteiger partial charge < -0.3 is 22.1 Å². The van der Waals surface area contributed by atoms with Crippen LogP contribution in [0.4, 0.5) is 0 Å². The number of carbonyl (C=O) groups excluding carboxylic acids is 5. The third-order valence-electron chi connectivity index (χ3n) is 5.30. The summed E-state index contributed by atoms with van der Waals surface area (Å²) in [5.41, 5.74) is 18.1. The Kier molecular flexibility index (Phi) is 51.4. The van der Waals surface area contributed by atoms with Gasteiger partial charge in [0.2, 0.25) is 0 Å². The van der Waals surface area contributed by atoms with Crippen molar-refractivity contribution in [2.45, 2.75) is 14.4 Å². The molecule has 342 valence electrons. The number of nitrogens with zero attached hydrogens (tertiary/aromatic N) is 1. The van der Waals surface area contributed by atoms with E-state index in [2.05, 4.69) is 187 Å². The maximum atomic E-state index is 10.4. The van der Waals surface area contributed by atoms with Crippen LogP contribution in [0.25, 0.3) is 0 Å². The molecule has 4 rings (SSSR count). The number of benzene rings is 4. The summed E-state index contributed by atoms with van der Waals surface area (Å²) in [6, 6.07) is 23.1. The lowest BCUT2D eigenvalue weighted by Gasteiger charge is -2.00. The molecule has 62 heavy (non-hydrogen) atoms. The summed E-state index contributed by atoms with van der Waals surface area (Å²) in [6.45, 7) is 1.63. The third kappa shape index (κ3) is 37.6. The molecule has 0 aliphatic carbocycles. The normalized spacial score (nSPS) is 8.95. The van der Waals surface area contributed by atoms with Gasteiger partial charge >= 0.3 is 12.4 Å². The second kappa shape index (κ2) is 46.9. The Morgan fingerprint density at radius 1 is 0.726 bits per heavy atom. The van der Waals surface area contributed by atoms with Crippen LogP contribution >= 0.6 is 190 Å². The molecule has 0 saturated heterocycles. The van der Waals surface area contributed by atoms with E-state index in [1.54, 1.807) is 6.21 Å². The number of amidine groups is 2. The lowest BCUT2D eigenvalue weighted by atomic mass is 10.2. The highest BCUT2D eigenvalue weighted by Gasteiger charge is 2.03. The molecule has 0 radical (unpaired) electrons. The van der Waals surface area contributed by atoms with Gasteiger partial charge in [0.15, 0.2) is 18.9 Å². The standard InChI is InChI=1S/C9H9I2N3.C7H4Br2O.2C7H4I2O.C3H6O3.C2H7N3.CH3I.CH2O3.CH4/c10-7-2-1-3-8(11)6(7)4-14-5-9(12)13;3*8-6-2-1-3-7(9)5(6)4-10;1-3(4)6-5-2;3-1-2(4)5;1-2;2-1-4-3;/h1-4H,5H2,(H3,12,13);3*1-4H;1-2H3;1,3H2,(H3,4,5);1H3;1,3H;1H4/i;;;;;;1D;;. The highest BCUT2D eigenvalue weighted by molar-refractivity contribution is 14.1. The van der Waals surface area contributed by atoms with E-state index in [4.69, 9.17) is 39.4 Å². The maximum Gasteiger partial charge on any atom is 0.339 e. The molecule has 0 spiro atoms. The predicted molar refractivity (Wildman–Crippen MR) is 314 cm³/mol. The third-order valence-corrected chi connectivity index (χ3v) is 12.3. The maximum absolute atomic E-state index is 10.4. The number of aldehydes is 3. The lowest BCUT2D eigenvalue weighted by molar-refractivity contribution is -0.252. The van der Waals surface area contributed by atoms with Gasteiger partial charge in [-0.15, -0.1) is 0 Å². The Morgan fingerprint density at radius 2 is 1.02 bits per heavy atom. The minimum atomic E-state index is -0.433. The molecule has 4 aromatic rings. The lowest BCUT2D eigenvalue weighted by Crippen LogP contribution is -2.20. The Hall–Kier alpha value is -0.610. The van der Waals surface area contributed by atoms with Crippen LogP contribution in [-0.2, 0) is 24.3 Å². The number of carbonyl (C=O) groups is 5. The van der Waals surface area contributed by atoms with Crippen molar-refractivity contribution in [2.75, 3.05) is 25.1 Å². The summed E-state index contributed by atoms with van der Waals surface area (Å²) in [5, 5.41) is 20.4. The van der Waals surface area contributed by atoms with Gasteiger partial charge in [-0.05, 0) is 189 Å². The number of rotatable bonds is 9. The quantitative estimate of drug-likeness (QED) is 0.0174. The average Bonchev–Trinajstić information content (AvgIpc) is 3.21. The van der Waals surface area contributed by atoms with E-state index in [9.17, 15) is 19.2 Å². The van der Waals surface area contributed by atoms with Crippen LogP contribution in [-0.4, -0.2) is 79.5 Å². The Bertz CT molecular complexity index is 1800. The highest BCUT2D eigenvalue weighted by atomic mass is 127. The van der Waals surface area contributed by atoms with E-state index in [0.717, 1.165) is 65.9 Å². The number of halogens is 9. The monoisotopic (exact) mass is 1770 g/mol. The number of nitrogens with one attached hydrogen (secondary N) is 2. The first kappa shape index (κ1) is 68.0. The van der Waals surface area contributed by atoms with Gasteiger partial charge in [0.25, 0.3) is 0 Å². The molecule has 24 heteroatoms. The van der Waals surface area contributed by atoms with Crippen molar-refractivity contribution in [3.05, 3.63) is 125 Å². The highest BCUT2D eigenvalue weighted by Crippen LogP contribution is 2.23. The SMILES string of the molecule is C.COOC(C)=O.N=C(N)CN.N=C(N)CN=Cc1c(I)cccc1I.O=COO.O=Cc1c(Br)cccc1Br.O=Cc1c(I)cccc1I.O=Cc1c(I)cccc1I.[2H]CI. The zero-order valence-electron chi connectivity index (χ0n) is 32.7. The van der Waals surface area contributed by atoms with Crippen LogP contribution in [0.5, 0.6) is 0 Å². The van der Waals surface area contributed by atoms with E-state index < -0.39 is 5.97 Å². The summed E-state index contributed by atoms with van der Waals surface area (Å²) in [7, 11) is 1.28. The molecule has 9 N–H and O–H groups in total. The summed E-state index contributed by atoms with van der Waals surface area (Å²) < 4.78 is 14.2. The molecule has 0 aliphatic rings. The van der Waals surface area contributed by atoms with Gasteiger partial charge in [-0.1, -0.05) is 86.1 Å². The fourth-order valence-electron chi connectivity index (χ4n) is 2.86. The van der Waals surface area contributed by atoms with E-state index in [1.807, 2.05) is 95.4 Å². The van der Waals surface area contributed by atoms with Crippen molar-refractivity contribution in [2.24, 2.45) is 22.2 Å². The molecule has 0 aromatic heterocycles. The molecular weight excluding hydrogens is 1730 g/mol. The first-order valence-electron chi connectivity index (χ1n) is 16.2. The number of alkyl halides is 1. The van der Waals surface area contributed by atoms with Gasteiger partial charge in [-0.3, -0.25) is 39.9 Å². The summed E-state index contributed by atoms with van der Waals surface area (Å²) >= 11 is 21.6. The van der Waals surface area contributed by atoms with E-state index in [1.165, 1.54) is 14.0 Å². The average molecular weight is 1780 g/mol. The van der Waals surface area contributed by atoms with E-state index in [-0.39, 0.29) is 38.7 Å². The predicted octanol–water partition coefficient (Wildman–Crippen LogP) is 11.0. The van der Waals surface area contributed by atoms with Crippen LogP contribution < -0.4 is 17.2 Å². The first-order valence-corrected chi connectivity index (χ1v) is 25.1. The molecule has 0 atom stereocenters. The Labute approximate surface area is 475 Å². The molecule has 0 heterocycles. The Balaban J connectivity index is -0.000000211. The van der Waals surface area contributed by atoms with Gasteiger partial charge in [0.1, 0.15) is 11.7 Å². The Morgan fingerprint density at radius 3 is 1.19 bits per heavy atom. The zero-order valence-corrected chi connectivity index (χ0v) is 50.0. The van der Waals surface area contributed by atoms with Crippen molar-refractivity contribution in [3.63, 3.8) is 0 Å². The summed E-state index contributed by atoms with van der Waals surface area (Å²) in [4.78, 5) is 64.9. The number of hydrogen-bond donors (Lipinski definition) is 6. The van der Waals surface area contributed by atoms with Crippen molar-refractivity contribution in [1.29, 1.82) is 10.8 Å². The van der Waals surface area contributed by atoms with Crippen molar-refractivity contribution < 1.29 is 45.3 Å². The fraction of sp³-hybridized carbons (Fsp3) is 0.158. The van der Waals surface area contributed by atoms with E-state index >= 15 is 0 Å². The van der Waals surface area contributed by atoms with Crippen molar-refractivity contribution in [1.82, 2.24) is 0 Å². The second-order valence-electron chi connectivity index (χ2n) is 9.56. The topological polar surface area (TPSA) is 271 Å². The minimum absolute atomic E-state index is 0. The molecule has 0 saturated carbocycles. The molecule has 0 amide bonds. The number of aliphatic imine (C=N–C) groups is 1. The summed E-state index contributed by atoms with van der Waals surface area (Å²) in [6.07, 6.45) is 4.37. The largest absolute Gasteiger partial charge is 0.387 e. The van der Waals surface area contributed by atoms with Gasteiger partial charge in [-0.2, -0.15) is 4.89 Å². The molecule has 0 fully saturated rings. The summed E-state index contributed by atoms with van der Waals surface area (Å²) in [5.74, 6) is -0.315. The molecule has 0 unspecified atom stereocenters. The molecule has 0 bridgehead atoms. The molecule has 0 aliphatic heterocycles. The van der Waals surface area contributed by atoms with Crippen LogP contribution in [0.1, 0.15) is 52.4 Å². The second-order valence-corrected chi connectivity index (χ2v) is 18.2.